The molecule has 1 saturated heterocycles. The summed E-state index contributed by atoms with van der Waals surface area (Å²) in [5.41, 5.74) is 13.0. The zero-order valence-corrected chi connectivity index (χ0v) is 23.7. The lowest BCUT2D eigenvalue weighted by molar-refractivity contribution is -0.132. The van der Waals surface area contributed by atoms with Crippen LogP contribution in [0.25, 0.3) is 27.8 Å². The van der Waals surface area contributed by atoms with Gasteiger partial charge in [-0.2, -0.15) is 0 Å². The molecule has 0 spiro atoms. The molecular formula is C33H38N6O2. The Morgan fingerprint density at radius 1 is 1.10 bits per heavy atom. The van der Waals surface area contributed by atoms with E-state index in [9.17, 15) is 4.79 Å². The second-order valence-electron chi connectivity index (χ2n) is 11.1. The molecule has 0 radical (unpaired) electrons. The maximum absolute atomic E-state index is 13.4. The molecule has 2 N–H and O–H groups in total. The summed E-state index contributed by atoms with van der Waals surface area (Å²) in [6, 6.07) is 20.6. The fraction of sp³-hybridized carbons (Fsp3) is 0.364. The molecule has 4 heterocycles. The van der Waals surface area contributed by atoms with Crippen molar-refractivity contribution in [2.24, 2.45) is 5.73 Å². The van der Waals surface area contributed by atoms with Gasteiger partial charge in [-0.3, -0.25) is 4.79 Å². The lowest BCUT2D eigenvalue weighted by Gasteiger charge is -2.33. The largest absolute Gasteiger partial charge is 0.385 e. The number of rotatable bonds is 10. The van der Waals surface area contributed by atoms with Crippen molar-refractivity contribution in [1.82, 2.24) is 23.8 Å². The Morgan fingerprint density at radius 3 is 2.78 bits per heavy atom. The van der Waals surface area contributed by atoms with E-state index in [1.807, 2.05) is 27.6 Å². The molecule has 5 aromatic rings. The van der Waals surface area contributed by atoms with Crippen LogP contribution in [0.15, 0.2) is 79.3 Å². The molecule has 6 rings (SSSR count). The molecule has 8 nitrogen and oxygen atoms in total. The van der Waals surface area contributed by atoms with Gasteiger partial charge in [0.15, 0.2) is 0 Å². The number of aryl methyl sites for hydroxylation is 1. The number of imidazole rings is 2. The van der Waals surface area contributed by atoms with Crippen LogP contribution in [0.1, 0.15) is 43.0 Å². The quantitative estimate of drug-likeness (QED) is 0.246. The van der Waals surface area contributed by atoms with E-state index in [-0.39, 0.29) is 17.9 Å². The Morgan fingerprint density at radius 2 is 1.93 bits per heavy atom. The number of carbonyl (C=O) groups excluding carboxylic acids is 1. The molecule has 1 amide bonds. The number of methoxy groups -OCH3 is 1. The van der Waals surface area contributed by atoms with Gasteiger partial charge in [0, 0.05) is 70.3 Å². The monoisotopic (exact) mass is 550 g/mol. The molecule has 3 aromatic heterocycles. The highest BCUT2D eigenvalue weighted by atomic mass is 16.5. The van der Waals surface area contributed by atoms with E-state index in [1.165, 1.54) is 0 Å². The van der Waals surface area contributed by atoms with Gasteiger partial charge in [-0.15, -0.1) is 0 Å². The minimum Gasteiger partial charge on any atom is -0.385 e. The zero-order valence-electron chi connectivity index (χ0n) is 23.7. The van der Waals surface area contributed by atoms with Crippen molar-refractivity contribution >= 4 is 22.6 Å². The average molecular weight is 551 g/mol. The molecular weight excluding hydrogens is 512 g/mol. The second-order valence-corrected chi connectivity index (χ2v) is 11.1. The number of piperidine rings is 1. The van der Waals surface area contributed by atoms with Gasteiger partial charge in [0.05, 0.1) is 11.0 Å². The Bertz CT molecular complexity index is 1620. The van der Waals surface area contributed by atoms with E-state index in [4.69, 9.17) is 15.5 Å². The molecule has 0 saturated carbocycles. The van der Waals surface area contributed by atoms with Crippen LogP contribution in [-0.2, 0) is 22.5 Å². The summed E-state index contributed by atoms with van der Waals surface area (Å²) < 4.78 is 9.65. The van der Waals surface area contributed by atoms with Crippen LogP contribution < -0.4 is 5.73 Å². The van der Waals surface area contributed by atoms with Gasteiger partial charge in [-0.05, 0) is 66.6 Å². The minimum absolute atomic E-state index is 0.134. The summed E-state index contributed by atoms with van der Waals surface area (Å²) in [5.74, 6) is 1.43. The maximum atomic E-state index is 13.4. The number of hydrogen-bond donors (Lipinski definition) is 1. The Kier molecular flexibility index (Phi) is 8.11. The number of pyridine rings is 1. The summed E-state index contributed by atoms with van der Waals surface area (Å²) in [4.78, 5) is 24.7. The van der Waals surface area contributed by atoms with Crippen molar-refractivity contribution in [3.8, 4) is 11.1 Å². The number of likely N-dealkylation sites (tertiary alicyclic amines) is 1. The third kappa shape index (κ3) is 6.04. The van der Waals surface area contributed by atoms with Crippen LogP contribution >= 0.6 is 0 Å². The number of carbonyl (C=O) groups is 1. The average Bonchev–Trinajstić information content (AvgIpc) is 3.62. The topological polar surface area (TPSA) is 90.7 Å². The van der Waals surface area contributed by atoms with Gasteiger partial charge in [0.25, 0.3) is 0 Å². The number of fused-ring (bicyclic) bond motifs is 2. The van der Waals surface area contributed by atoms with E-state index < -0.39 is 0 Å². The standard InChI is InChI=1S/C33H38N6O2/c1-41-19-5-17-39-30-8-3-2-7-29(30)36-33(39)27-6-4-16-38(23-27)32(40)21-28(34)20-24-9-11-25(12-10-24)26-13-14-31-35-15-18-37(31)22-26/h2-3,7-15,18,22,27-28H,4-6,16-17,19-21,23,34H2,1H3/t27-,28-/m1/s1. The number of nitrogens with two attached hydrogens (primary N) is 1. The van der Waals surface area contributed by atoms with Crippen LogP contribution in [-0.4, -0.2) is 62.6 Å². The molecule has 0 unspecified atom stereocenters. The van der Waals surface area contributed by atoms with E-state index in [0.717, 1.165) is 71.5 Å². The van der Waals surface area contributed by atoms with Gasteiger partial charge in [-0.25, -0.2) is 9.97 Å². The number of amides is 1. The number of benzene rings is 2. The van der Waals surface area contributed by atoms with Crippen LogP contribution in [0.2, 0.25) is 0 Å². The Balaban J connectivity index is 1.08. The molecule has 1 fully saturated rings. The first kappa shape index (κ1) is 27.2. The van der Waals surface area contributed by atoms with Crippen molar-refractivity contribution in [2.45, 2.75) is 50.6 Å². The van der Waals surface area contributed by atoms with Crippen molar-refractivity contribution in [3.05, 3.63) is 90.6 Å². The number of aromatic nitrogens is 4. The Hall–Kier alpha value is -4.01. The first-order chi connectivity index (χ1) is 20.1. The first-order valence-electron chi connectivity index (χ1n) is 14.6. The third-order valence-electron chi connectivity index (χ3n) is 8.16. The minimum atomic E-state index is -0.227. The van der Waals surface area contributed by atoms with Crippen molar-refractivity contribution in [1.29, 1.82) is 0 Å². The molecule has 0 aliphatic carbocycles. The second kappa shape index (κ2) is 12.2. The fourth-order valence-electron chi connectivity index (χ4n) is 6.07. The predicted molar refractivity (Wildman–Crippen MR) is 162 cm³/mol. The summed E-state index contributed by atoms with van der Waals surface area (Å²) in [7, 11) is 1.74. The maximum Gasteiger partial charge on any atom is 0.224 e. The number of para-hydroxylation sites is 2. The Labute approximate surface area is 240 Å². The summed E-state index contributed by atoms with van der Waals surface area (Å²) in [6.45, 7) is 3.04. The summed E-state index contributed by atoms with van der Waals surface area (Å²) in [5, 5.41) is 0. The van der Waals surface area contributed by atoms with Gasteiger partial charge in [0.2, 0.25) is 5.91 Å². The molecule has 2 atom stereocenters. The van der Waals surface area contributed by atoms with Crippen molar-refractivity contribution in [2.75, 3.05) is 26.8 Å². The van der Waals surface area contributed by atoms with Crippen molar-refractivity contribution in [3.63, 3.8) is 0 Å². The van der Waals surface area contributed by atoms with Crippen molar-refractivity contribution < 1.29 is 9.53 Å². The van der Waals surface area contributed by atoms with E-state index in [1.54, 1.807) is 13.3 Å². The highest BCUT2D eigenvalue weighted by Crippen LogP contribution is 2.30. The number of hydrogen-bond acceptors (Lipinski definition) is 5. The molecule has 2 aromatic carbocycles. The molecule has 212 valence electrons. The van der Waals surface area contributed by atoms with Gasteiger partial charge in [-0.1, -0.05) is 36.4 Å². The number of ether oxygens (including phenoxy) is 1. The molecule has 1 aliphatic heterocycles. The molecule has 1 aliphatic rings. The van der Waals surface area contributed by atoms with Crippen LogP contribution in [0.4, 0.5) is 0 Å². The zero-order chi connectivity index (χ0) is 28.2. The van der Waals surface area contributed by atoms with E-state index >= 15 is 0 Å². The predicted octanol–water partition coefficient (Wildman–Crippen LogP) is 5.05. The van der Waals surface area contributed by atoms with Crippen LogP contribution in [0, 0.1) is 0 Å². The summed E-state index contributed by atoms with van der Waals surface area (Å²) in [6.07, 6.45) is 9.78. The number of nitrogens with zero attached hydrogens (tertiary/aromatic N) is 5. The van der Waals surface area contributed by atoms with Gasteiger partial charge >= 0.3 is 0 Å². The molecule has 0 bridgehead atoms. The first-order valence-corrected chi connectivity index (χ1v) is 14.6. The normalized spacial score (nSPS) is 16.4. The highest BCUT2D eigenvalue weighted by molar-refractivity contribution is 5.78. The molecule has 41 heavy (non-hydrogen) atoms. The lowest BCUT2D eigenvalue weighted by atomic mass is 9.95. The van der Waals surface area contributed by atoms with E-state index in [2.05, 4.69) is 64.3 Å². The highest BCUT2D eigenvalue weighted by Gasteiger charge is 2.29. The van der Waals surface area contributed by atoms with Crippen LogP contribution in [0.5, 0.6) is 0 Å². The fourth-order valence-corrected chi connectivity index (χ4v) is 6.07. The third-order valence-corrected chi connectivity index (χ3v) is 8.16. The summed E-state index contributed by atoms with van der Waals surface area (Å²) >= 11 is 0. The smallest absolute Gasteiger partial charge is 0.224 e. The SMILES string of the molecule is COCCCn1c([C@@H]2CCCN(C(=O)C[C@H](N)Cc3ccc(-c4ccc5nccn5c4)cc3)C2)nc2ccccc21. The molecule has 8 heteroatoms. The van der Waals surface area contributed by atoms with E-state index in [0.29, 0.717) is 26.0 Å². The van der Waals surface area contributed by atoms with Gasteiger partial charge < -0.3 is 24.3 Å². The lowest BCUT2D eigenvalue weighted by Crippen LogP contribution is -2.42. The van der Waals surface area contributed by atoms with Crippen LogP contribution in [0.3, 0.4) is 0 Å². The van der Waals surface area contributed by atoms with Gasteiger partial charge in [0.1, 0.15) is 11.5 Å².